The molecule has 0 bridgehead atoms. The lowest BCUT2D eigenvalue weighted by Gasteiger charge is -2.21. The standard InChI is InChI=1S/C25H30N2/c1-4-27(5-2)25-18-12-22(13-19-25)9-8-21-10-16-24(17-11-21)26-23-14-6-20(3)7-15-23/h6-7,10-19,26H,4-5,8-9H2,1-3H3. The second-order valence-corrected chi connectivity index (χ2v) is 7.03. The fourth-order valence-corrected chi connectivity index (χ4v) is 3.31. The normalized spacial score (nSPS) is 10.6. The largest absolute Gasteiger partial charge is 0.372 e. The van der Waals surface area contributed by atoms with Gasteiger partial charge >= 0.3 is 0 Å². The monoisotopic (exact) mass is 358 g/mol. The first kappa shape index (κ1) is 19.0. The second-order valence-electron chi connectivity index (χ2n) is 7.03. The highest BCUT2D eigenvalue weighted by atomic mass is 15.1. The van der Waals surface area contributed by atoms with E-state index < -0.39 is 0 Å². The molecule has 3 aromatic rings. The van der Waals surface area contributed by atoms with Gasteiger partial charge in [-0.05, 0) is 81.1 Å². The van der Waals surface area contributed by atoms with Gasteiger partial charge in [0.15, 0.2) is 0 Å². The number of aryl methyl sites for hydroxylation is 3. The molecule has 140 valence electrons. The summed E-state index contributed by atoms with van der Waals surface area (Å²) in [6.45, 7) is 8.62. The summed E-state index contributed by atoms with van der Waals surface area (Å²) in [6, 6.07) is 26.3. The Labute approximate surface area is 163 Å². The highest BCUT2D eigenvalue weighted by molar-refractivity contribution is 5.60. The lowest BCUT2D eigenvalue weighted by Crippen LogP contribution is -2.21. The molecule has 0 heterocycles. The van der Waals surface area contributed by atoms with Crippen LogP contribution in [0.4, 0.5) is 17.1 Å². The smallest absolute Gasteiger partial charge is 0.0384 e. The zero-order chi connectivity index (χ0) is 19.1. The molecule has 0 fully saturated rings. The Morgan fingerprint density at radius 3 is 1.56 bits per heavy atom. The molecule has 3 rings (SSSR count). The average Bonchev–Trinajstić information content (AvgIpc) is 2.71. The minimum absolute atomic E-state index is 1.05. The molecule has 0 saturated heterocycles. The van der Waals surface area contributed by atoms with Crippen molar-refractivity contribution in [3.63, 3.8) is 0 Å². The van der Waals surface area contributed by atoms with Gasteiger partial charge in [0.2, 0.25) is 0 Å². The molecule has 2 nitrogen and oxygen atoms in total. The summed E-state index contributed by atoms with van der Waals surface area (Å²) >= 11 is 0. The van der Waals surface area contributed by atoms with Crippen LogP contribution in [0.2, 0.25) is 0 Å². The maximum absolute atomic E-state index is 3.46. The van der Waals surface area contributed by atoms with Crippen LogP contribution in [0.3, 0.4) is 0 Å². The molecule has 3 aromatic carbocycles. The van der Waals surface area contributed by atoms with Crippen LogP contribution in [0.15, 0.2) is 72.8 Å². The molecule has 0 aliphatic rings. The van der Waals surface area contributed by atoms with Crippen molar-refractivity contribution < 1.29 is 0 Å². The minimum atomic E-state index is 1.05. The van der Waals surface area contributed by atoms with Crippen LogP contribution in [0.1, 0.15) is 30.5 Å². The van der Waals surface area contributed by atoms with Crippen molar-refractivity contribution in [1.82, 2.24) is 0 Å². The summed E-state index contributed by atoms with van der Waals surface area (Å²) in [7, 11) is 0. The molecule has 0 unspecified atom stereocenters. The van der Waals surface area contributed by atoms with Gasteiger partial charge in [0.1, 0.15) is 0 Å². The van der Waals surface area contributed by atoms with E-state index in [2.05, 4.69) is 104 Å². The van der Waals surface area contributed by atoms with Crippen LogP contribution in [0.5, 0.6) is 0 Å². The number of benzene rings is 3. The lowest BCUT2D eigenvalue weighted by atomic mass is 10.0. The van der Waals surface area contributed by atoms with Crippen molar-refractivity contribution in [1.29, 1.82) is 0 Å². The molecule has 0 amide bonds. The van der Waals surface area contributed by atoms with Gasteiger partial charge in [-0.2, -0.15) is 0 Å². The Morgan fingerprint density at radius 2 is 1.07 bits per heavy atom. The number of nitrogens with zero attached hydrogens (tertiary/aromatic N) is 1. The van der Waals surface area contributed by atoms with Gasteiger partial charge in [0.05, 0.1) is 0 Å². The summed E-state index contributed by atoms with van der Waals surface area (Å²) in [5.74, 6) is 0. The Morgan fingerprint density at radius 1 is 0.630 bits per heavy atom. The molecule has 0 aliphatic heterocycles. The van der Waals surface area contributed by atoms with E-state index in [4.69, 9.17) is 0 Å². The van der Waals surface area contributed by atoms with Crippen LogP contribution < -0.4 is 10.2 Å². The predicted molar refractivity (Wildman–Crippen MR) is 118 cm³/mol. The highest BCUT2D eigenvalue weighted by Crippen LogP contribution is 2.19. The van der Waals surface area contributed by atoms with Crippen molar-refractivity contribution in [2.24, 2.45) is 0 Å². The van der Waals surface area contributed by atoms with E-state index in [-0.39, 0.29) is 0 Å². The molecule has 2 heteroatoms. The van der Waals surface area contributed by atoms with Crippen molar-refractivity contribution >= 4 is 17.1 Å². The first-order chi connectivity index (χ1) is 13.2. The number of rotatable bonds is 8. The van der Waals surface area contributed by atoms with E-state index in [0.29, 0.717) is 0 Å². The summed E-state index contributed by atoms with van der Waals surface area (Å²) in [6.07, 6.45) is 2.14. The van der Waals surface area contributed by atoms with Gasteiger partial charge in [-0.25, -0.2) is 0 Å². The first-order valence-corrected chi connectivity index (χ1v) is 9.94. The number of anilines is 3. The zero-order valence-corrected chi connectivity index (χ0v) is 16.7. The SMILES string of the molecule is CCN(CC)c1ccc(CCc2ccc(Nc3ccc(C)cc3)cc2)cc1. The fourth-order valence-electron chi connectivity index (χ4n) is 3.31. The van der Waals surface area contributed by atoms with E-state index in [9.17, 15) is 0 Å². The van der Waals surface area contributed by atoms with Crippen molar-refractivity contribution in [2.45, 2.75) is 33.6 Å². The molecular weight excluding hydrogens is 328 g/mol. The average molecular weight is 359 g/mol. The molecule has 1 N–H and O–H groups in total. The summed E-state index contributed by atoms with van der Waals surface area (Å²) in [5.41, 5.74) is 7.62. The Hall–Kier alpha value is -2.74. The third-order valence-electron chi connectivity index (χ3n) is 5.06. The van der Waals surface area contributed by atoms with E-state index in [0.717, 1.165) is 37.3 Å². The number of nitrogens with one attached hydrogen (secondary N) is 1. The number of hydrogen-bond acceptors (Lipinski definition) is 2. The van der Waals surface area contributed by atoms with Crippen molar-refractivity contribution in [3.05, 3.63) is 89.5 Å². The third-order valence-corrected chi connectivity index (χ3v) is 5.06. The summed E-state index contributed by atoms with van der Waals surface area (Å²) in [5, 5.41) is 3.46. The van der Waals surface area contributed by atoms with E-state index >= 15 is 0 Å². The van der Waals surface area contributed by atoms with Gasteiger partial charge in [-0.15, -0.1) is 0 Å². The van der Waals surface area contributed by atoms with Crippen LogP contribution in [-0.4, -0.2) is 13.1 Å². The molecule has 0 aromatic heterocycles. The van der Waals surface area contributed by atoms with E-state index in [1.165, 1.54) is 22.4 Å². The third kappa shape index (κ3) is 5.37. The van der Waals surface area contributed by atoms with Crippen molar-refractivity contribution in [2.75, 3.05) is 23.3 Å². The maximum atomic E-state index is 3.46. The molecule has 0 radical (unpaired) electrons. The maximum Gasteiger partial charge on any atom is 0.0384 e. The summed E-state index contributed by atoms with van der Waals surface area (Å²) < 4.78 is 0. The van der Waals surface area contributed by atoms with Gasteiger partial charge in [-0.1, -0.05) is 42.0 Å². The van der Waals surface area contributed by atoms with Crippen LogP contribution in [0.25, 0.3) is 0 Å². The van der Waals surface area contributed by atoms with E-state index in [1.54, 1.807) is 0 Å². The molecule has 0 aliphatic carbocycles. The Bertz CT molecular complexity index is 814. The second kappa shape index (κ2) is 9.27. The number of hydrogen-bond donors (Lipinski definition) is 1. The van der Waals surface area contributed by atoms with Gasteiger partial charge < -0.3 is 10.2 Å². The van der Waals surface area contributed by atoms with Gasteiger partial charge in [0.25, 0.3) is 0 Å². The molecule has 0 atom stereocenters. The zero-order valence-electron chi connectivity index (χ0n) is 16.7. The predicted octanol–water partition coefficient (Wildman–Crippen LogP) is 6.37. The minimum Gasteiger partial charge on any atom is -0.372 e. The molecular formula is C25H30N2. The van der Waals surface area contributed by atoms with Crippen molar-refractivity contribution in [3.8, 4) is 0 Å². The van der Waals surface area contributed by atoms with E-state index in [1.807, 2.05) is 0 Å². The lowest BCUT2D eigenvalue weighted by molar-refractivity contribution is 0.864. The Balaban J connectivity index is 1.54. The molecule has 0 saturated carbocycles. The topological polar surface area (TPSA) is 15.3 Å². The van der Waals surface area contributed by atoms with Crippen LogP contribution in [0, 0.1) is 6.92 Å². The first-order valence-electron chi connectivity index (χ1n) is 9.94. The fraction of sp³-hybridized carbons (Fsp3) is 0.280. The van der Waals surface area contributed by atoms with Crippen LogP contribution in [-0.2, 0) is 12.8 Å². The summed E-state index contributed by atoms with van der Waals surface area (Å²) in [4.78, 5) is 2.38. The van der Waals surface area contributed by atoms with Gasteiger partial charge in [0, 0.05) is 30.2 Å². The molecule has 27 heavy (non-hydrogen) atoms. The Kier molecular flexibility index (Phi) is 6.54. The quantitative estimate of drug-likeness (QED) is 0.503. The van der Waals surface area contributed by atoms with Gasteiger partial charge in [-0.3, -0.25) is 0 Å². The molecule has 0 spiro atoms. The van der Waals surface area contributed by atoms with Crippen LogP contribution >= 0.6 is 0 Å². The highest BCUT2D eigenvalue weighted by Gasteiger charge is 2.02.